The van der Waals surface area contributed by atoms with Gasteiger partial charge in [-0.25, -0.2) is 14.2 Å². The van der Waals surface area contributed by atoms with E-state index in [0.717, 1.165) is 22.6 Å². The number of carboxylic acid groups (broad SMARTS) is 1. The molecule has 0 bridgehead atoms. The number of halogens is 1. The fourth-order valence-electron chi connectivity index (χ4n) is 3.65. The second kappa shape index (κ2) is 10.4. The molecule has 1 atom stereocenters. The van der Waals surface area contributed by atoms with Crippen molar-refractivity contribution in [2.75, 3.05) is 6.61 Å². The highest BCUT2D eigenvalue weighted by Gasteiger charge is 2.36. The molecule has 6 nitrogen and oxygen atoms in total. The van der Waals surface area contributed by atoms with Gasteiger partial charge in [0.1, 0.15) is 11.5 Å². The lowest BCUT2D eigenvalue weighted by atomic mass is 9.96. The highest BCUT2D eigenvalue weighted by atomic mass is 19.1. The molecule has 0 spiro atoms. The molecule has 0 aliphatic rings. The first kappa shape index (κ1) is 24.0. The van der Waals surface area contributed by atoms with E-state index in [1.54, 1.807) is 30.3 Å². The third-order valence-electron chi connectivity index (χ3n) is 5.61. The maximum atomic E-state index is 14.0. The van der Waals surface area contributed by atoms with E-state index in [1.165, 1.54) is 25.1 Å². The number of para-hydroxylation sites is 1. The second-order valence-corrected chi connectivity index (χ2v) is 8.38. The molecule has 0 fully saturated rings. The normalized spacial score (nSPS) is 12.7. The third kappa shape index (κ3) is 5.87. The molecule has 1 N–H and O–H groups in total. The molecule has 0 radical (unpaired) electrons. The number of hydrogen-bond acceptors (Lipinski definition) is 5. The number of carboxylic acids is 1. The third-order valence-corrected chi connectivity index (χ3v) is 5.61. The van der Waals surface area contributed by atoms with Crippen molar-refractivity contribution in [1.29, 1.82) is 0 Å². The summed E-state index contributed by atoms with van der Waals surface area (Å²) in [6, 6.07) is 22.6. The Labute approximate surface area is 203 Å². The Morgan fingerprint density at radius 3 is 2.40 bits per heavy atom. The zero-order valence-electron chi connectivity index (χ0n) is 19.5. The van der Waals surface area contributed by atoms with Gasteiger partial charge in [-0.3, -0.25) is 0 Å². The largest absolute Gasteiger partial charge is 0.493 e. The van der Waals surface area contributed by atoms with Gasteiger partial charge in [0.2, 0.25) is 11.5 Å². The molecule has 7 heteroatoms. The monoisotopic (exact) mass is 475 g/mol. The highest BCUT2D eigenvalue weighted by Crippen LogP contribution is 2.26. The van der Waals surface area contributed by atoms with Crippen LogP contribution in [0.1, 0.15) is 23.9 Å². The van der Waals surface area contributed by atoms with Crippen molar-refractivity contribution < 1.29 is 28.2 Å². The van der Waals surface area contributed by atoms with Gasteiger partial charge >= 0.3 is 5.97 Å². The molecule has 1 heterocycles. The van der Waals surface area contributed by atoms with E-state index in [2.05, 4.69) is 4.98 Å². The van der Waals surface area contributed by atoms with Gasteiger partial charge in [-0.05, 0) is 55.8 Å². The molecule has 4 aromatic rings. The first-order valence-electron chi connectivity index (χ1n) is 11.2. The topological polar surface area (TPSA) is 81.8 Å². The molecule has 3 aromatic carbocycles. The number of aliphatic carboxylic acids is 1. The van der Waals surface area contributed by atoms with E-state index in [-0.39, 0.29) is 12.2 Å². The fraction of sp³-hybridized carbons (Fsp3) is 0.214. The molecule has 35 heavy (non-hydrogen) atoms. The van der Waals surface area contributed by atoms with Crippen molar-refractivity contribution in [2.45, 2.75) is 32.3 Å². The van der Waals surface area contributed by atoms with Crippen LogP contribution in [0.5, 0.6) is 11.5 Å². The van der Waals surface area contributed by atoms with Crippen LogP contribution >= 0.6 is 0 Å². The minimum Gasteiger partial charge on any atom is -0.493 e. The Morgan fingerprint density at radius 2 is 1.71 bits per heavy atom. The first-order valence-corrected chi connectivity index (χ1v) is 11.2. The Balaban J connectivity index is 1.35. The Bertz CT molecular complexity index is 1290. The van der Waals surface area contributed by atoms with E-state index in [1.807, 2.05) is 37.3 Å². The summed E-state index contributed by atoms with van der Waals surface area (Å²) in [5.74, 6) is 0.0918. The number of oxazole rings is 1. The molecular weight excluding hydrogens is 449 g/mol. The SMILES string of the molecule is Cc1oc(-c2ccccc2)nc1CCOc1ccc(CC(C)(Oc2ccccc2F)C(=O)O)cc1. The quantitative estimate of drug-likeness (QED) is 0.309. The van der Waals surface area contributed by atoms with Crippen LogP contribution in [0, 0.1) is 12.7 Å². The zero-order chi connectivity index (χ0) is 24.8. The molecule has 0 saturated heterocycles. The van der Waals surface area contributed by atoms with Crippen molar-refractivity contribution in [1.82, 2.24) is 4.98 Å². The van der Waals surface area contributed by atoms with Gasteiger partial charge in [-0.1, -0.05) is 42.5 Å². The lowest BCUT2D eigenvalue weighted by Crippen LogP contribution is -2.43. The maximum Gasteiger partial charge on any atom is 0.348 e. The van der Waals surface area contributed by atoms with Crippen molar-refractivity contribution >= 4 is 5.97 Å². The molecule has 0 aliphatic heterocycles. The van der Waals surface area contributed by atoms with Crippen LogP contribution in [0.3, 0.4) is 0 Å². The maximum absolute atomic E-state index is 14.0. The minimum absolute atomic E-state index is 0.0529. The molecule has 0 amide bonds. The summed E-state index contributed by atoms with van der Waals surface area (Å²) < 4.78 is 31.2. The summed E-state index contributed by atoms with van der Waals surface area (Å²) >= 11 is 0. The van der Waals surface area contributed by atoms with Crippen LogP contribution in [0.15, 0.2) is 83.3 Å². The second-order valence-electron chi connectivity index (χ2n) is 8.38. The Morgan fingerprint density at radius 1 is 1.03 bits per heavy atom. The molecule has 180 valence electrons. The van der Waals surface area contributed by atoms with E-state index in [0.29, 0.717) is 24.7 Å². The highest BCUT2D eigenvalue weighted by molar-refractivity contribution is 5.78. The van der Waals surface area contributed by atoms with E-state index >= 15 is 0 Å². The number of aromatic nitrogens is 1. The van der Waals surface area contributed by atoms with Gasteiger partial charge in [-0.15, -0.1) is 0 Å². The van der Waals surface area contributed by atoms with Crippen LogP contribution in [0.2, 0.25) is 0 Å². The van der Waals surface area contributed by atoms with Crippen LogP contribution in [-0.4, -0.2) is 28.3 Å². The van der Waals surface area contributed by atoms with Crippen LogP contribution in [0.4, 0.5) is 4.39 Å². The number of carbonyl (C=O) groups is 1. The number of ether oxygens (including phenoxy) is 2. The number of benzene rings is 3. The van der Waals surface area contributed by atoms with Gasteiger partial charge < -0.3 is 19.0 Å². The molecule has 0 aliphatic carbocycles. The van der Waals surface area contributed by atoms with Crippen molar-refractivity contribution in [3.63, 3.8) is 0 Å². The van der Waals surface area contributed by atoms with Crippen molar-refractivity contribution in [3.8, 4) is 23.0 Å². The molecule has 4 rings (SSSR count). The molecule has 1 unspecified atom stereocenters. The first-order chi connectivity index (χ1) is 16.8. The summed E-state index contributed by atoms with van der Waals surface area (Å²) in [5, 5.41) is 9.74. The van der Waals surface area contributed by atoms with Gasteiger partial charge in [0.05, 0.1) is 12.3 Å². The van der Waals surface area contributed by atoms with Crippen molar-refractivity contribution in [2.24, 2.45) is 0 Å². The number of hydrogen-bond donors (Lipinski definition) is 1. The smallest absolute Gasteiger partial charge is 0.348 e. The van der Waals surface area contributed by atoms with Gasteiger partial charge in [0.25, 0.3) is 0 Å². The standard InChI is InChI=1S/C28H26FNO5/c1-19-24(30-26(34-19)21-8-4-3-5-9-21)16-17-33-22-14-12-20(13-15-22)18-28(2,27(31)32)35-25-11-7-6-10-23(25)29/h3-15H,16-18H2,1-2H3,(H,31,32). The summed E-state index contributed by atoms with van der Waals surface area (Å²) in [4.78, 5) is 16.5. The minimum atomic E-state index is -1.63. The van der Waals surface area contributed by atoms with Gasteiger partial charge in [0, 0.05) is 18.4 Å². The Kier molecular flexibility index (Phi) is 7.15. The summed E-state index contributed by atoms with van der Waals surface area (Å²) in [6.07, 6.45) is 0.634. The van der Waals surface area contributed by atoms with E-state index in [9.17, 15) is 14.3 Å². The number of aryl methyl sites for hydroxylation is 1. The predicted molar refractivity (Wildman–Crippen MR) is 129 cm³/mol. The van der Waals surface area contributed by atoms with E-state index in [4.69, 9.17) is 13.9 Å². The summed E-state index contributed by atoms with van der Waals surface area (Å²) in [7, 11) is 0. The summed E-state index contributed by atoms with van der Waals surface area (Å²) in [5.41, 5.74) is 0.845. The number of nitrogens with zero attached hydrogens (tertiary/aromatic N) is 1. The molecule has 1 aromatic heterocycles. The predicted octanol–water partition coefficient (Wildman–Crippen LogP) is 5.88. The lowest BCUT2D eigenvalue weighted by Gasteiger charge is -2.26. The van der Waals surface area contributed by atoms with Gasteiger partial charge in [0.15, 0.2) is 11.6 Å². The molecule has 0 saturated carbocycles. The molecular formula is C28H26FNO5. The fourth-order valence-corrected chi connectivity index (χ4v) is 3.65. The van der Waals surface area contributed by atoms with Crippen LogP contribution < -0.4 is 9.47 Å². The zero-order valence-corrected chi connectivity index (χ0v) is 19.5. The average Bonchev–Trinajstić information content (AvgIpc) is 3.22. The van der Waals surface area contributed by atoms with Crippen molar-refractivity contribution in [3.05, 3.63) is 102 Å². The Hall–Kier alpha value is -4.13. The van der Waals surface area contributed by atoms with Crippen LogP contribution in [0.25, 0.3) is 11.5 Å². The van der Waals surface area contributed by atoms with E-state index < -0.39 is 17.4 Å². The van der Waals surface area contributed by atoms with Crippen LogP contribution in [-0.2, 0) is 17.6 Å². The summed E-state index contributed by atoms with van der Waals surface area (Å²) in [6.45, 7) is 3.72. The lowest BCUT2D eigenvalue weighted by molar-refractivity contribution is -0.153. The van der Waals surface area contributed by atoms with Gasteiger partial charge in [-0.2, -0.15) is 0 Å². The average molecular weight is 476 g/mol. The number of rotatable bonds is 10.